The van der Waals surface area contributed by atoms with Crippen molar-refractivity contribution in [2.24, 2.45) is 7.05 Å². The standard InChI is InChI=1S/C10H10BrClN4O/c1-15-7(2-4-14-15)3-5-16-6-13-9(12)8(11)10(16)17/h2,4,6H,3,5H2,1H3. The van der Waals surface area contributed by atoms with Gasteiger partial charge in [0.05, 0.1) is 6.33 Å². The Hall–Kier alpha value is -1.14. The molecule has 2 heterocycles. The molecule has 0 spiro atoms. The lowest BCUT2D eigenvalue weighted by Crippen LogP contribution is -2.22. The number of aryl methyl sites for hydroxylation is 3. The Morgan fingerprint density at radius 3 is 2.94 bits per heavy atom. The van der Waals surface area contributed by atoms with E-state index < -0.39 is 0 Å². The summed E-state index contributed by atoms with van der Waals surface area (Å²) in [5.74, 6) is 0. The van der Waals surface area contributed by atoms with E-state index in [-0.39, 0.29) is 10.7 Å². The molecule has 5 nitrogen and oxygen atoms in total. The quantitative estimate of drug-likeness (QED) is 0.809. The Balaban J connectivity index is 2.18. The van der Waals surface area contributed by atoms with Crippen LogP contribution in [0.1, 0.15) is 5.69 Å². The molecule has 0 saturated carbocycles. The molecule has 0 amide bonds. The Labute approximate surface area is 111 Å². The normalized spacial score (nSPS) is 10.8. The van der Waals surface area contributed by atoms with E-state index in [1.165, 1.54) is 10.9 Å². The van der Waals surface area contributed by atoms with Gasteiger partial charge in [0.2, 0.25) is 0 Å². The highest BCUT2D eigenvalue weighted by Crippen LogP contribution is 2.13. The van der Waals surface area contributed by atoms with Crippen LogP contribution in [0.3, 0.4) is 0 Å². The Bertz CT molecular complexity index is 592. The van der Waals surface area contributed by atoms with Crippen molar-refractivity contribution in [1.29, 1.82) is 0 Å². The largest absolute Gasteiger partial charge is 0.298 e. The van der Waals surface area contributed by atoms with Gasteiger partial charge in [0.15, 0.2) is 5.15 Å². The van der Waals surface area contributed by atoms with Gasteiger partial charge in [0.25, 0.3) is 5.56 Å². The van der Waals surface area contributed by atoms with E-state index >= 15 is 0 Å². The zero-order valence-electron chi connectivity index (χ0n) is 9.10. The summed E-state index contributed by atoms with van der Waals surface area (Å²) < 4.78 is 3.60. The van der Waals surface area contributed by atoms with Gasteiger partial charge in [-0.3, -0.25) is 14.0 Å². The number of aromatic nitrogens is 4. The molecule has 0 aliphatic rings. The Morgan fingerprint density at radius 1 is 1.53 bits per heavy atom. The molecule has 2 rings (SSSR count). The molecule has 0 N–H and O–H groups in total. The molecular formula is C10H10BrClN4O. The summed E-state index contributed by atoms with van der Waals surface area (Å²) in [6.07, 6.45) is 3.89. The molecule has 0 atom stereocenters. The van der Waals surface area contributed by atoms with E-state index in [0.717, 1.165) is 5.69 Å². The molecule has 17 heavy (non-hydrogen) atoms. The minimum atomic E-state index is -0.174. The molecule has 2 aromatic rings. The third-order valence-corrected chi connectivity index (χ3v) is 3.70. The average molecular weight is 318 g/mol. The predicted octanol–water partition coefficient (Wildman–Crippen LogP) is 1.64. The average Bonchev–Trinajstić information content (AvgIpc) is 2.71. The molecule has 7 heteroatoms. The highest BCUT2D eigenvalue weighted by molar-refractivity contribution is 9.10. The van der Waals surface area contributed by atoms with Crippen molar-refractivity contribution < 1.29 is 0 Å². The van der Waals surface area contributed by atoms with Crippen molar-refractivity contribution in [1.82, 2.24) is 19.3 Å². The monoisotopic (exact) mass is 316 g/mol. The van der Waals surface area contributed by atoms with Crippen LogP contribution in [0.5, 0.6) is 0 Å². The fourth-order valence-corrected chi connectivity index (χ4v) is 1.94. The number of rotatable bonds is 3. The maximum absolute atomic E-state index is 11.8. The van der Waals surface area contributed by atoms with Crippen LogP contribution in [0.4, 0.5) is 0 Å². The molecule has 0 radical (unpaired) electrons. The topological polar surface area (TPSA) is 52.7 Å². The fraction of sp³-hybridized carbons (Fsp3) is 0.300. The SMILES string of the molecule is Cn1nccc1CCn1cnc(Cl)c(Br)c1=O. The van der Waals surface area contributed by atoms with Gasteiger partial charge in [-0.25, -0.2) is 4.98 Å². The summed E-state index contributed by atoms with van der Waals surface area (Å²) in [6.45, 7) is 0.543. The van der Waals surface area contributed by atoms with Crippen molar-refractivity contribution >= 4 is 27.5 Å². The minimum absolute atomic E-state index is 0.174. The number of halogens is 2. The van der Waals surface area contributed by atoms with E-state index in [4.69, 9.17) is 11.6 Å². The zero-order chi connectivity index (χ0) is 12.4. The minimum Gasteiger partial charge on any atom is -0.298 e. The van der Waals surface area contributed by atoms with E-state index in [2.05, 4.69) is 26.0 Å². The van der Waals surface area contributed by atoms with Crippen molar-refractivity contribution in [2.45, 2.75) is 13.0 Å². The molecule has 2 aromatic heterocycles. The molecule has 0 unspecified atom stereocenters. The van der Waals surface area contributed by atoms with E-state index in [1.807, 2.05) is 13.1 Å². The summed E-state index contributed by atoms with van der Waals surface area (Å²) in [4.78, 5) is 15.7. The lowest BCUT2D eigenvalue weighted by atomic mass is 10.3. The first-order valence-corrected chi connectivity index (χ1v) is 6.14. The van der Waals surface area contributed by atoms with Crippen LogP contribution in [0, 0.1) is 0 Å². The van der Waals surface area contributed by atoms with Crippen LogP contribution >= 0.6 is 27.5 Å². The van der Waals surface area contributed by atoms with Crippen LogP contribution in [0.25, 0.3) is 0 Å². The van der Waals surface area contributed by atoms with Crippen molar-refractivity contribution in [3.05, 3.63) is 44.3 Å². The van der Waals surface area contributed by atoms with Crippen LogP contribution in [0.15, 0.2) is 27.9 Å². The summed E-state index contributed by atoms with van der Waals surface area (Å²) in [7, 11) is 1.87. The van der Waals surface area contributed by atoms with Crippen LogP contribution in [-0.4, -0.2) is 19.3 Å². The fourth-order valence-electron chi connectivity index (χ4n) is 1.48. The van der Waals surface area contributed by atoms with Gasteiger partial charge in [0, 0.05) is 31.9 Å². The first-order valence-electron chi connectivity index (χ1n) is 4.97. The molecule has 0 bridgehead atoms. The number of hydrogen-bond acceptors (Lipinski definition) is 3. The van der Waals surface area contributed by atoms with Gasteiger partial charge in [-0.1, -0.05) is 11.6 Å². The Morgan fingerprint density at radius 2 is 2.29 bits per heavy atom. The third-order valence-electron chi connectivity index (χ3n) is 2.47. The summed E-state index contributed by atoms with van der Waals surface area (Å²) in [6, 6.07) is 1.92. The van der Waals surface area contributed by atoms with E-state index in [1.54, 1.807) is 10.9 Å². The summed E-state index contributed by atoms with van der Waals surface area (Å²) >= 11 is 8.84. The molecule has 0 fully saturated rings. The van der Waals surface area contributed by atoms with E-state index in [0.29, 0.717) is 17.4 Å². The van der Waals surface area contributed by atoms with Gasteiger partial charge in [0.1, 0.15) is 4.47 Å². The first-order chi connectivity index (χ1) is 8.09. The highest BCUT2D eigenvalue weighted by Gasteiger charge is 2.07. The zero-order valence-corrected chi connectivity index (χ0v) is 11.4. The highest BCUT2D eigenvalue weighted by atomic mass is 79.9. The third kappa shape index (κ3) is 2.58. The van der Waals surface area contributed by atoms with Crippen LogP contribution < -0.4 is 5.56 Å². The maximum Gasteiger partial charge on any atom is 0.269 e. The van der Waals surface area contributed by atoms with Crippen molar-refractivity contribution in [3.63, 3.8) is 0 Å². The second-order valence-electron chi connectivity index (χ2n) is 3.54. The van der Waals surface area contributed by atoms with Gasteiger partial charge in [-0.2, -0.15) is 5.10 Å². The van der Waals surface area contributed by atoms with Crippen LogP contribution in [-0.2, 0) is 20.0 Å². The maximum atomic E-state index is 11.8. The lowest BCUT2D eigenvalue weighted by molar-refractivity contribution is 0.612. The second kappa shape index (κ2) is 5.01. The molecule has 0 aliphatic carbocycles. The molecule has 0 aromatic carbocycles. The smallest absolute Gasteiger partial charge is 0.269 e. The molecular weight excluding hydrogens is 307 g/mol. The van der Waals surface area contributed by atoms with Gasteiger partial charge in [-0.15, -0.1) is 0 Å². The number of hydrogen-bond donors (Lipinski definition) is 0. The summed E-state index contributed by atoms with van der Waals surface area (Å²) in [5, 5.41) is 4.25. The number of nitrogens with zero attached hydrogens (tertiary/aromatic N) is 4. The van der Waals surface area contributed by atoms with Gasteiger partial charge >= 0.3 is 0 Å². The molecule has 0 aliphatic heterocycles. The van der Waals surface area contributed by atoms with Crippen molar-refractivity contribution in [2.75, 3.05) is 0 Å². The van der Waals surface area contributed by atoms with Gasteiger partial charge in [-0.05, 0) is 22.0 Å². The second-order valence-corrected chi connectivity index (χ2v) is 4.70. The van der Waals surface area contributed by atoms with E-state index in [9.17, 15) is 4.79 Å². The predicted molar refractivity (Wildman–Crippen MR) is 68.1 cm³/mol. The van der Waals surface area contributed by atoms with Crippen molar-refractivity contribution in [3.8, 4) is 0 Å². The van der Waals surface area contributed by atoms with Gasteiger partial charge < -0.3 is 0 Å². The first kappa shape index (κ1) is 12.3. The van der Waals surface area contributed by atoms with Crippen LogP contribution in [0.2, 0.25) is 5.15 Å². The lowest BCUT2D eigenvalue weighted by Gasteiger charge is -2.06. The summed E-state index contributed by atoms with van der Waals surface area (Å²) in [5.41, 5.74) is 0.884. The molecule has 0 saturated heterocycles. The molecule has 90 valence electrons. The Kier molecular flexibility index (Phi) is 3.63.